The van der Waals surface area contributed by atoms with Crippen LogP contribution in [0.1, 0.15) is 31.7 Å². The number of hydrogen-bond acceptors (Lipinski definition) is 3. The maximum Gasteiger partial charge on any atom is 0.228 e. The predicted molar refractivity (Wildman–Crippen MR) is 86.7 cm³/mol. The third kappa shape index (κ3) is 3.59. The van der Waals surface area contributed by atoms with Crippen molar-refractivity contribution in [3.8, 4) is 0 Å². The molecular formula is C18H23FN2O3. The molecule has 2 heterocycles. The fourth-order valence-electron chi connectivity index (χ4n) is 3.64. The molecule has 0 spiro atoms. The average Bonchev–Trinajstić information content (AvgIpc) is 3.12. The standard InChI is InChI=1S/C18H23FN2O3/c1-18(11-14-5-6-15(18)24-14)17(23)21-8-7-20-16(22)10-12-3-2-4-13(19)9-12/h2-4,9,14-15H,5-8,10-11H2,1H3,(H,20,22)(H,21,23)/t14-,15-,18+/m1/s1. The Bertz CT molecular complexity index is 636. The highest BCUT2D eigenvalue weighted by molar-refractivity contribution is 5.83. The average molecular weight is 334 g/mol. The first-order valence-electron chi connectivity index (χ1n) is 8.42. The SMILES string of the molecule is C[C@]1(C(=O)NCCNC(=O)Cc2cccc(F)c2)C[C@H]2CC[C@H]1O2. The van der Waals surface area contributed by atoms with E-state index in [2.05, 4.69) is 10.6 Å². The Morgan fingerprint density at radius 1 is 1.29 bits per heavy atom. The van der Waals surface area contributed by atoms with Gasteiger partial charge in [0.25, 0.3) is 0 Å². The Morgan fingerprint density at radius 2 is 2.08 bits per heavy atom. The Kier molecular flexibility index (Phi) is 4.85. The van der Waals surface area contributed by atoms with Gasteiger partial charge in [0.15, 0.2) is 0 Å². The van der Waals surface area contributed by atoms with Crippen molar-refractivity contribution in [1.29, 1.82) is 0 Å². The molecule has 130 valence electrons. The van der Waals surface area contributed by atoms with Crippen LogP contribution in [0.15, 0.2) is 24.3 Å². The normalized spacial score (nSPS) is 27.9. The van der Waals surface area contributed by atoms with Gasteiger partial charge in [0.2, 0.25) is 11.8 Å². The number of rotatable bonds is 6. The van der Waals surface area contributed by atoms with Gasteiger partial charge < -0.3 is 15.4 Å². The van der Waals surface area contributed by atoms with Gasteiger partial charge in [0.1, 0.15) is 5.82 Å². The number of ether oxygens (including phenoxy) is 1. The Balaban J connectivity index is 1.38. The van der Waals surface area contributed by atoms with Crippen LogP contribution in [-0.2, 0) is 20.7 Å². The maximum atomic E-state index is 13.1. The van der Waals surface area contributed by atoms with E-state index in [0.29, 0.717) is 18.7 Å². The summed E-state index contributed by atoms with van der Waals surface area (Å²) in [4.78, 5) is 24.2. The first-order chi connectivity index (χ1) is 11.5. The summed E-state index contributed by atoms with van der Waals surface area (Å²) in [5.41, 5.74) is 0.178. The molecule has 0 radical (unpaired) electrons. The summed E-state index contributed by atoms with van der Waals surface area (Å²) >= 11 is 0. The number of benzene rings is 1. The maximum absolute atomic E-state index is 13.1. The quantitative estimate of drug-likeness (QED) is 0.776. The van der Waals surface area contributed by atoms with E-state index in [4.69, 9.17) is 4.74 Å². The van der Waals surface area contributed by atoms with Gasteiger partial charge in [-0.3, -0.25) is 9.59 Å². The van der Waals surface area contributed by atoms with Crippen molar-refractivity contribution in [3.63, 3.8) is 0 Å². The molecule has 0 saturated carbocycles. The lowest BCUT2D eigenvalue weighted by molar-refractivity contribution is -0.133. The van der Waals surface area contributed by atoms with E-state index in [-0.39, 0.29) is 36.3 Å². The lowest BCUT2D eigenvalue weighted by atomic mass is 9.75. The first kappa shape index (κ1) is 16.9. The Hall–Kier alpha value is -1.95. The highest BCUT2D eigenvalue weighted by atomic mass is 19.1. The minimum Gasteiger partial charge on any atom is -0.374 e. The van der Waals surface area contributed by atoms with E-state index in [9.17, 15) is 14.0 Å². The molecule has 1 aromatic carbocycles. The Labute approximate surface area is 141 Å². The van der Waals surface area contributed by atoms with Crippen LogP contribution in [0.4, 0.5) is 4.39 Å². The van der Waals surface area contributed by atoms with Gasteiger partial charge in [-0.25, -0.2) is 4.39 Å². The number of amides is 2. The predicted octanol–water partition coefficient (Wildman–Crippen LogP) is 1.56. The van der Waals surface area contributed by atoms with E-state index in [1.165, 1.54) is 12.1 Å². The zero-order valence-electron chi connectivity index (χ0n) is 13.8. The van der Waals surface area contributed by atoms with Crippen molar-refractivity contribution in [2.45, 2.75) is 44.8 Å². The van der Waals surface area contributed by atoms with Crippen LogP contribution >= 0.6 is 0 Å². The van der Waals surface area contributed by atoms with Gasteiger partial charge in [-0.2, -0.15) is 0 Å². The highest BCUT2D eigenvalue weighted by Crippen LogP contribution is 2.47. The van der Waals surface area contributed by atoms with Crippen molar-refractivity contribution < 1.29 is 18.7 Å². The van der Waals surface area contributed by atoms with Crippen molar-refractivity contribution in [2.75, 3.05) is 13.1 Å². The second-order valence-corrected chi connectivity index (χ2v) is 6.86. The smallest absolute Gasteiger partial charge is 0.228 e. The molecule has 0 aliphatic carbocycles. The number of fused-ring (bicyclic) bond motifs is 2. The van der Waals surface area contributed by atoms with Crippen LogP contribution in [0.25, 0.3) is 0 Å². The van der Waals surface area contributed by atoms with E-state index in [0.717, 1.165) is 19.3 Å². The molecule has 2 aliphatic heterocycles. The molecule has 2 saturated heterocycles. The van der Waals surface area contributed by atoms with Crippen molar-refractivity contribution in [3.05, 3.63) is 35.6 Å². The number of hydrogen-bond donors (Lipinski definition) is 2. The van der Waals surface area contributed by atoms with Gasteiger partial charge in [-0.05, 0) is 43.9 Å². The molecule has 2 amide bonds. The Morgan fingerprint density at radius 3 is 2.75 bits per heavy atom. The minimum absolute atomic E-state index is 0.00548. The second-order valence-electron chi connectivity index (χ2n) is 6.86. The summed E-state index contributed by atoms with van der Waals surface area (Å²) in [6.45, 7) is 2.68. The zero-order valence-corrected chi connectivity index (χ0v) is 13.8. The van der Waals surface area contributed by atoms with Crippen LogP contribution in [0.5, 0.6) is 0 Å². The third-order valence-electron chi connectivity index (χ3n) is 4.98. The third-order valence-corrected chi connectivity index (χ3v) is 4.98. The fraction of sp³-hybridized carbons (Fsp3) is 0.556. The molecule has 2 aliphatic rings. The fourth-order valence-corrected chi connectivity index (χ4v) is 3.64. The summed E-state index contributed by atoms with van der Waals surface area (Å²) in [5.74, 6) is -0.549. The number of carbonyl (C=O) groups excluding carboxylic acids is 2. The lowest BCUT2D eigenvalue weighted by Gasteiger charge is -2.29. The lowest BCUT2D eigenvalue weighted by Crippen LogP contribution is -2.47. The van der Waals surface area contributed by atoms with E-state index < -0.39 is 5.41 Å². The van der Waals surface area contributed by atoms with E-state index >= 15 is 0 Å². The van der Waals surface area contributed by atoms with Gasteiger partial charge in [-0.1, -0.05) is 12.1 Å². The molecule has 3 rings (SSSR count). The number of carbonyl (C=O) groups is 2. The minimum atomic E-state index is -0.450. The monoisotopic (exact) mass is 334 g/mol. The van der Waals surface area contributed by atoms with Crippen LogP contribution in [-0.4, -0.2) is 37.1 Å². The summed E-state index contributed by atoms with van der Waals surface area (Å²) < 4.78 is 18.8. The molecule has 2 bridgehead atoms. The van der Waals surface area contributed by atoms with E-state index in [1.54, 1.807) is 12.1 Å². The van der Waals surface area contributed by atoms with Crippen molar-refractivity contribution in [2.24, 2.45) is 5.41 Å². The topological polar surface area (TPSA) is 67.4 Å². The van der Waals surface area contributed by atoms with Crippen molar-refractivity contribution >= 4 is 11.8 Å². The van der Waals surface area contributed by atoms with E-state index in [1.807, 2.05) is 6.92 Å². The summed E-state index contributed by atoms with van der Waals surface area (Å²) in [7, 11) is 0. The number of halogens is 1. The van der Waals surface area contributed by atoms with Crippen LogP contribution < -0.4 is 10.6 Å². The second kappa shape index (κ2) is 6.89. The molecule has 1 aromatic rings. The van der Waals surface area contributed by atoms with Gasteiger partial charge in [-0.15, -0.1) is 0 Å². The largest absolute Gasteiger partial charge is 0.374 e. The molecule has 6 heteroatoms. The summed E-state index contributed by atoms with van der Waals surface area (Å²) in [6.07, 6.45) is 3.13. The molecule has 0 aromatic heterocycles. The van der Waals surface area contributed by atoms with Crippen LogP contribution in [0.3, 0.4) is 0 Å². The molecule has 24 heavy (non-hydrogen) atoms. The molecular weight excluding hydrogens is 311 g/mol. The van der Waals surface area contributed by atoms with Crippen LogP contribution in [0.2, 0.25) is 0 Å². The highest BCUT2D eigenvalue weighted by Gasteiger charge is 2.53. The molecule has 2 fully saturated rings. The van der Waals surface area contributed by atoms with Crippen LogP contribution in [0, 0.1) is 11.2 Å². The molecule has 0 unspecified atom stereocenters. The zero-order chi connectivity index (χ0) is 17.2. The first-order valence-corrected chi connectivity index (χ1v) is 8.42. The molecule has 3 atom stereocenters. The summed E-state index contributed by atoms with van der Waals surface area (Å²) in [6, 6.07) is 5.98. The van der Waals surface area contributed by atoms with Crippen molar-refractivity contribution in [1.82, 2.24) is 10.6 Å². The van der Waals surface area contributed by atoms with Gasteiger partial charge >= 0.3 is 0 Å². The van der Waals surface area contributed by atoms with Gasteiger partial charge in [0, 0.05) is 13.1 Å². The van der Waals surface area contributed by atoms with Gasteiger partial charge in [0.05, 0.1) is 24.0 Å². The summed E-state index contributed by atoms with van der Waals surface area (Å²) in [5, 5.41) is 5.62. The molecule has 5 nitrogen and oxygen atoms in total. The number of nitrogens with one attached hydrogen (secondary N) is 2. The molecule has 2 N–H and O–H groups in total.